The predicted octanol–water partition coefficient (Wildman–Crippen LogP) is 8.48. The lowest BCUT2D eigenvalue weighted by molar-refractivity contribution is -0.642. The molecule has 4 aromatic carbocycles. The molecular formula is C42H49N4O3S+. The highest BCUT2D eigenvalue weighted by Crippen LogP contribution is 2.43. The van der Waals surface area contributed by atoms with Gasteiger partial charge in [-0.2, -0.15) is 4.57 Å². The zero-order valence-corrected chi connectivity index (χ0v) is 31.2. The predicted molar refractivity (Wildman–Crippen MR) is 208 cm³/mol. The summed E-state index contributed by atoms with van der Waals surface area (Å²) in [5, 5.41) is 1.17. The van der Waals surface area contributed by atoms with Gasteiger partial charge in [0.1, 0.15) is 34.8 Å². The summed E-state index contributed by atoms with van der Waals surface area (Å²) >= 11 is 1.79. The molecule has 1 aliphatic heterocycles. The molecule has 0 unspecified atom stereocenters. The summed E-state index contributed by atoms with van der Waals surface area (Å²) in [6, 6.07) is 29.8. The van der Waals surface area contributed by atoms with Gasteiger partial charge < -0.3 is 28.9 Å². The molecule has 7 nitrogen and oxygen atoms in total. The Hall–Kier alpha value is -4.79. The Bertz CT molecular complexity index is 1980. The van der Waals surface area contributed by atoms with Gasteiger partial charge in [0.05, 0.1) is 32.6 Å². The topological polar surface area (TPSA) is 41.3 Å². The summed E-state index contributed by atoms with van der Waals surface area (Å²) in [5.41, 5.74) is 7.99. The number of hydrogen-bond donors (Lipinski definition) is 0. The Morgan fingerprint density at radius 2 is 1.58 bits per heavy atom. The van der Waals surface area contributed by atoms with Gasteiger partial charge >= 0.3 is 0 Å². The van der Waals surface area contributed by atoms with Gasteiger partial charge in [0.25, 0.3) is 5.01 Å². The van der Waals surface area contributed by atoms with Crippen LogP contribution in [0, 0.1) is 0 Å². The van der Waals surface area contributed by atoms with Crippen molar-refractivity contribution in [2.75, 3.05) is 60.0 Å². The fraction of sp³-hybridized carbons (Fsp3) is 0.310. The van der Waals surface area contributed by atoms with Crippen LogP contribution in [-0.4, -0.2) is 64.9 Å². The molecule has 0 fully saturated rings. The summed E-state index contributed by atoms with van der Waals surface area (Å²) in [7, 11) is 11.6. The van der Waals surface area contributed by atoms with Gasteiger partial charge in [0, 0.05) is 43.4 Å². The van der Waals surface area contributed by atoms with E-state index in [0.29, 0.717) is 0 Å². The van der Waals surface area contributed by atoms with E-state index in [2.05, 4.69) is 126 Å². The second kappa shape index (κ2) is 15.8. The number of aryl methyl sites for hydroxylation is 1. The van der Waals surface area contributed by atoms with E-state index >= 15 is 0 Å². The molecule has 0 saturated heterocycles. The zero-order valence-electron chi connectivity index (χ0n) is 30.4. The summed E-state index contributed by atoms with van der Waals surface area (Å²) in [4.78, 5) is 7.32. The molecule has 0 spiro atoms. The van der Waals surface area contributed by atoms with Crippen LogP contribution < -0.4 is 23.7 Å². The summed E-state index contributed by atoms with van der Waals surface area (Å²) < 4.78 is 20.8. The average Bonchev–Trinajstić information content (AvgIpc) is 3.45. The van der Waals surface area contributed by atoms with E-state index in [-0.39, 0.29) is 0 Å². The van der Waals surface area contributed by atoms with Crippen molar-refractivity contribution in [3.8, 4) is 28.4 Å². The van der Waals surface area contributed by atoms with Crippen LogP contribution in [0.5, 0.6) is 17.2 Å². The molecule has 1 aromatic heterocycles. The van der Waals surface area contributed by atoms with Crippen molar-refractivity contribution in [2.24, 2.45) is 7.05 Å². The van der Waals surface area contributed by atoms with E-state index in [1.54, 1.807) is 32.7 Å². The maximum atomic E-state index is 5.80. The number of allylic oxidation sites excluding steroid dienone is 2. The van der Waals surface area contributed by atoms with Crippen LogP contribution in [0.3, 0.4) is 0 Å². The average molecular weight is 690 g/mol. The van der Waals surface area contributed by atoms with E-state index in [9.17, 15) is 0 Å². The first kappa shape index (κ1) is 35.1. The molecule has 0 saturated carbocycles. The van der Waals surface area contributed by atoms with Crippen LogP contribution >= 0.6 is 11.3 Å². The van der Waals surface area contributed by atoms with Crippen molar-refractivity contribution in [2.45, 2.75) is 26.3 Å². The highest BCUT2D eigenvalue weighted by Gasteiger charge is 2.29. The maximum Gasteiger partial charge on any atom is 0.263 e. The number of hydrogen-bond acceptors (Lipinski definition) is 7. The van der Waals surface area contributed by atoms with Gasteiger partial charge in [-0.1, -0.05) is 54.7 Å². The molecule has 0 N–H and O–H groups in total. The largest absolute Gasteiger partial charge is 0.497 e. The number of nitrogens with zero attached hydrogens (tertiary/aromatic N) is 4. The number of aromatic nitrogens is 1. The van der Waals surface area contributed by atoms with Crippen molar-refractivity contribution in [3.63, 3.8) is 0 Å². The number of fused-ring (bicyclic) bond motifs is 2. The minimum absolute atomic E-state index is 0.764. The molecule has 8 heteroatoms. The molecule has 1 aliphatic rings. The Labute approximate surface area is 301 Å². The van der Waals surface area contributed by atoms with Gasteiger partial charge in [0.15, 0.2) is 0 Å². The monoisotopic (exact) mass is 689 g/mol. The maximum absolute atomic E-state index is 5.80. The Kier molecular flexibility index (Phi) is 11.1. The minimum atomic E-state index is 0.764. The standard InChI is InChI=1S/C42H49N4O3S/c1-8-22-45(24-13-23-43(2)3)40-26-32(34-20-19-33(47-5)28-36(34)46(40)29-30-14-10-9-11-15-30)27-41-44(4)35-21-18-31(25-39(35)50-41)42-37(48-6)16-12-17-38(42)49-7/h9-12,14-21,25-28H,8,13,22-24,29H2,1-7H3/q+1. The van der Waals surface area contributed by atoms with Crippen LogP contribution in [0.1, 0.15) is 35.9 Å². The Balaban J connectivity index is 1.50. The van der Waals surface area contributed by atoms with Crippen molar-refractivity contribution in [3.05, 3.63) is 113 Å². The molecule has 260 valence electrons. The summed E-state index contributed by atoms with van der Waals surface area (Å²) in [6.07, 6.45) is 6.90. The van der Waals surface area contributed by atoms with Crippen LogP contribution in [0.25, 0.3) is 33.0 Å². The molecule has 0 aliphatic carbocycles. The molecule has 0 atom stereocenters. The first-order valence-electron chi connectivity index (χ1n) is 17.3. The van der Waals surface area contributed by atoms with Crippen LogP contribution in [0.4, 0.5) is 5.69 Å². The molecule has 50 heavy (non-hydrogen) atoms. The lowest BCUT2D eigenvalue weighted by Gasteiger charge is -2.40. The van der Waals surface area contributed by atoms with E-state index < -0.39 is 0 Å². The van der Waals surface area contributed by atoms with E-state index in [1.807, 2.05) is 18.2 Å². The Morgan fingerprint density at radius 3 is 2.26 bits per heavy atom. The molecule has 0 amide bonds. The quantitative estimate of drug-likeness (QED) is 0.109. The smallest absolute Gasteiger partial charge is 0.263 e. The van der Waals surface area contributed by atoms with Crippen molar-refractivity contribution in [1.82, 2.24) is 9.80 Å². The number of thiazole rings is 1. The van der Waals surface area contributed by atoms with Gasteiger partial charge in [-0.25, -0.2) is 0 Å². The first-order chi connectivity index (χ1) is 24.3. The molecule has 5 aromatic rings. The number of methoxy groups -OCH3 is 3. The lowest BCUT2D eigenvalue weighted by atomic mass is 9.97. The third-order valence-electron chi connectivity index (χ3n) is 9.26. The first-order valence-corrected chi connectivity index (χ1v) is 18.1. The van der Waals surface area contributed by atoms with Crippen molar-refractivity contribution < 1.29 is 18.8 Å². The highest BCUT2D eigenvalue weighted by atomic mass is 32.1. The van der Waals surface area contributed by atoms with E-state index in [4.69, 9.17) is 14.2 Å². The van der Waals surface area contributed by atoms with Gasteiger partial charge in [-0.15, -0.1) is 0 Å². The number of benzene rings is 4. The highest BCUT2D eigenvalue weighted by molar-refractivity contribution is 7.19. The van der Waals surface area contributed by atoms with Gasteiger partial charge in [0.2, 0.25) is 5.52 Å². The third kappa shape index (κ3) is 7.37. The molecule has 2 heterocycles. The Morgan fingerprint density at radius 1 is 0.820 bits per heavy atom. The molecular weight excluding hydrogens is 641 g/mol. The number of anilines is 1. The van der Waals surface area contributed by atoms with E-state index in [1.165, 1.54) is 37.7 Å². The third-order valence-corrected chi connectivity index (χ3v) is 10.4. The fourth-order valence-corrected chi connectivity index (χ4v) is 7.89. The molecule has 0 radical (unpaired) electrons. The second-order valence-corrected chi connectivity index (χ2v) is 14.0. The number of ether oxygens (including phenoxy) is 3. The zero-order chi connectivity index (χ0) is 35.2. The van der Waals surface area contributed by atoms with E-state index in [0.717, 1.165) is 73.1 Å². The minimum Gasteiger partial charge on any atom is -0.497 e. The van der Waals surface area contributed by atoms with Crippen LogP contribution in [0.2, 0.25) is 0 Å². The summed E-state index contributed by atoms with van der Waals surface area (Å²) in [6.45, 7) is 6.02. The summed E-state index contributed by atoms with van der Waals surface area (Å²) in [5.74, 6) is 3.65. The lowest BCUT2D eigenvalue weighted by Crippen LogP contribution is -2.39. The SMILES string of the molecule is CCCN(CCCN(C)C)C1=CC(=Cc2sc3cc(-c4c(OC)cccc4OC)ccc3[n+]2C)c2ccc(OC)cc2N1Cc1ccccc1. The van der Waals surface area contributed by atoms with Crippen molar-refractivity contribution >= 4 is 38.9 Å². The normalized spacial score (nSPS) is 13.5. The molecule has 6 rings (SSSR count). The van der Waals surface area contributed by atoms with Gasteiger partial charge in [-0.3, -0.25) is 0 Å². The van der Waals surface area contributed by atoms with Crippen LogP contribution in [-0.2, 0) is 13.6 Å². The molecule has 0 bridgehead atoms. The van der Waals surface area contributed by atoms with Crippen molar-refractivity contribution in [1.29, 1.82) is 0 Å². The number of rotatable bonds is 14. The van der Waals surface area contributed by atoms with Crippen LogP contribution in [0.15, 0.2) is 96.8 Å². The second-order valence-electron chi connectivity index (χ2n) is 12.9. The fourth-order valence-electron chi connectivity index (χ4n) is 6.75. The van der Waals surface area contributed by atoms with Gasteiger partial charge in [-0.05, 0) is 92.7 Å².